The van der Waals surface area contributed by atoms with Crippen LogP contribution in [0.5, 0.6) is 0 Å². The van der Waals surface area contributed by atoms with E-state index < -0.39 is 12.0 Å². The van der Waals surface area contributed by atoms with E-state index >= 15 is 0 Å². The van der Waals surface area contributed by atoms with Gasteiger partial charge in [0.25, 0.3) is 5.56 Å². The van der Waals surface area contributed by atoms with E-state index in [0.717, 1.165) is 0 Å². The van der Waals surface area contributed by atoms with Crippen molar-refractivity contribution < 1.29 is 19.4 Å². The summed E-state index contributed by atoms with van der Waals surface area (Å²) in [6, 6.07) is -0.918. The molecular formula is C18H28N4O5. The molecule has 2 rings (SSSR count). The van der Waals surface area contributed by atoms with Crippen LogP contribution in [0.25, 0.3) is 0 Å². The van der Waals surface area contributed by atoms with Crippen molar-refractivity contribution >= 4 is 17.8 Å². The second kappa shape index (κ2) is 9.50. The molecule has 1 aromatic rings. The molecule has 0 spiro atoms. The molecule has 2 heterocycles. The van der Waals surface area contributed by atoms with Crippen molar-refractivity contribution in [2.24, 2.45) is 5.92 Å². The lowest BCUT2D eigenvalue weighted by Crippen LogP contribution is -2.42. The smallest absolute Gasteiger partial charge is 0.326 e. The fourth-order valence-electron chi connectivity index (χ4n) is 3.01. The maximum atomic E-state index is 12.4. The van der Waals surface area contributed by atoms with Gasteiger partial charge in [-0.25, -0.2) is 9.78 Å². The largest absolute Gasteiger partial charge is 0.480 e. The first-order chi connectivity index (χ1) is 12.8. The molecule has 1 atom stereocenters. The fourth-order valence-corrected chi connectivity index (χ4v) is 3.01. The zero-order chi connectivity index (χ0) is 20.0. The number of carbonyl (C=O) groups is 2. The average Bonchev–Trinajstić information content (AvgIpc) is 2.60. The Morgan fingerprint density at radius 2 is 2.00 bits per heavy atom. The first kappa shape index (κ1) is 20.9. The zero-order valence-electron chi connectivity index (χ0n) is 16.1. The molecule has 9 heteroatoms. The van der Waals surface area contributed by atoms with Crippen LogP contribution in [0.2, 0.25) is 0 Å². The molecule has 0 saturated carbocycles. The number of carboxylic acid groups (broad SMARTS) is 1. The number of aromatic amines is 1. The van der Waals surface area contributed by atoms with Crippen molar-refractivity contribution in [1.82, 2.24) is 15.3 Å². The summed E-state index contributed by atoms with van der Waals surface area (Å²) in [7, 11) is 0. The number of aryl methyl sites for hydroxylation is 1. The second-order valence-electron chi connectivity index (χ2n) is 7.14. The number of aromatic nitrogens is 2. The molecule has 1 amide bonds. The van der Waals surface area contributed by atoms with Gasteiger partial charge in [-0.15, -0.1) is 0 Å². The van der Waals surface area contributed by atoms with E-state index in [2.05, 4.69) is 15.3 Å². The van der Waals surface area contributed by atoms with Crippen molar-refractivity contribution in [3.05, 3.63) is 21.6 Å². The Hall–Kier alpha value is -2.42. The highest BCUT2D eigenvalue weighted by Crippen LogP contribution is 2.11. The van der Waals surface area contributed by atoms with Crippen molar-refractivity contribution in [1.29, 1.82) is 0 Å². The van der Waals surface area contributed by atoms with Crippen LogP contribution in [0.3, 0.4) is 0 Å². The quantitative estimate of drug-likeness (QED) is 0.598. The summed E-state index contributed by atoms with van der Waals surface area (Å²) in [5.74, 6) is -0.785. The highest BCUT2D eigenvalue weighted by Gasteiger charge is 2.22. The summed E-state index contributed by atoms with van der Waals surface area (Å²) in [4.78, 5) is 45.0. The normalized spacial score (nSPS) is 15.6. The summed E-state index contributed by atoms with van der Waals surface area (Å²) in [5, 5.41) is 11.7. The maximum Gasteiger partial charge on any atom is 0.326 e. The molecule has 150 valence electrons. The number of amides is 1. The third kappa shape index (κ3) is 6.06. The standard InChI is InChI=1S/C18H28N4O5/c1-11(2)10-14(17(25)26)20-15(23)5-4-13-12(3)19-18(21-16(13)24)22-6-8-27-9-7-22/h11,14H,4-10H2,1-3H3,(H,20,23)(H,25,26)(H,19,21,24)/t14-/m0/s1. The minimum absolute atomic E-state index is 0.0321. The number of rotatable bonds is 8. The van der Waals surface area contributed by atoms with Gasteiger partial charge in [0.1, 0.15) is 6.04 Å². The molecule has 1 fully saturated rings. The van der Waals surface area contributed by atoms with Crippen LogP contribution in [0.1, 0.15) is 37.9 Å². The van der Waals surface area contributed by atoms with E-state index in [4.69, 9.17) is 4.74 Å². The monoisotopic (exact) mass is 380 g/mol. The van der Waals surface area contributed by atoms with E-state index in [1.807, 2.05) is 18.7 Å². The van der Waals surface area contributed by atoms with E-state index in [1.165, 1.54) is 0 Å². The highest BCUT2D eigenvalue weighted by atomic mass is 16.5. The van der Waals surface area contributed by atoms with E-state index in [-0.39, 0.29) is 30.2 Å². The third-order valence-corrected chi connectivity index (χ3v) is 4.46. The molecule has 0 aromatic carbocycles. The first-order valence-corrected chi connectivity index (χ1v) is 9.22. The van der Waals surface area contributed by atoms with Crippen LogP contribution in [-0.4, -0.2) is 59.3 Å². The van der Waals surface area contributed by atoms with Crippen LogP contribution in [-0.2, 0) is 20.7 Å². The topological polar surface area (TPSA) is 125 Å². The Kier molecular flexibility index (Phi) is 7.35. The van der Waals surface area contributed by atoms with Crippen molar-refractivity contribution in [3.63, 3.8) is 0 Å². The van der Waals surface area contributed by atoms with Crippen LogP contribution in [0.4, 0.5) is 5.95 Å². The molecule has 0 radical (unpaired) electrons. The Balaban J connectivity index is 1.99. The first-order valence-electron chi connectivity index (χ1n) is 9.22. The SMILES string of the molecule is Cc1nc(N2CCOCC2)[nH]c(=O)c1CCC(=O)N[C@@H](CC(C)C)C(=O)O. The minimum atomic E-state index is -1.05. The predicted molar refractivity (Wildman–Crippen MR) is 100.0 cm³/mol. The van der Waals surface area contributed by atoms with Gasteiger partial charge in [0, 0.05) is 30.8 Å². The Bertz CT molecular complexity index is 725. The van der Waals surface area contributed by atoms with Gasteiger partial charge in [0.2, 0.25) is 11.9 Å². The summed E-state index contributed by atoms with van der Waals surface area (Å²) in [6.45, 7) is 8.04. The van der Waals surface area contributed by atoms with E-state index in [1.54, 1.807) is 6.92 Å². The van der Waals surface area contributed by atoms with E-state index in [0.29, 0.717) is 49.9 Å². The Labute approximate surface area is 158 Å². The van der Waals surface area contributed by atoms with Crippen molar-refractivity contribution in [2.75, 3.05) is 31.2 Å². The number of ether oxygens (including phenoxy) is 1. The van der Waals surface area contributed by atoms with Gasteiger partial charge in [0.15, 0.2) is 0 Å². The lowest BCUT2D eigenvalue weighted by Gasteiger charge is -2.27. The van der Waals surface area contributed by atoms with Crippen LogP contribution >= 0.6 is 0 Å². The van der Waals surface area contributed by atoms with Crippen molar-refractivity contribution in [3.8, 4) is 0 Å². The number of morpholine rings is 1. The minimum Gasteiger partial charge on any atom is -0.480 e. The lowest BCUT2D eigenvalue weighted by molar-refractivity contribution is -0.142. The molecule has 0 unspecified atom stereocenters. The van der Waals surface area contributed by atoms with Crippen LogP contribution in [0, 0.1) is 12.8 Å². The number of nitrogens with one attached hydrogen (secondary N) is 2. The number of nitrogens with zero attached hydrogens (tertiary/aromatic N) is 2. The van der Waals surface area contributed by atoms with Gasteiger partial charge in [-0.2, -0.15) is 0 Å². The number of carbonyl (C=O) groups excluding carboxylic acids is 1. The van der Waals surface area contributed by atoms with Gasteiger partial charge in [-0.05, 0) is 25.7 Å². The summed E-state index contributed by atoms with van der Waals surface area (Å²) >= 11 is 0. The van der Waals surface area contributed by atoms with Crippen molar-refractivity contribution in [2.45, 2.75) is 46.1 Å². The summed E-state index contributed by atoms with van der Waals surface area (Å²) < 4.78 is 5.29. The van der Waals surface area contributed by atoms with Gasteiger partial charge < -0.3 is 20.1 Å². The fraction of sp³-hybridized carbons (Fsp3) is 0.667. The van der Waals surface area contributed by atoms with E-state index in [9.17, 15) is 19.5 Å². The number of aliphatic carboxylic acids is 1. The number of H-pyrrole nitrogens is 1. The molecular weight excluding hydrogens is 352 g/mol. The molecule has 3 N–H and O–H groups in total. The maximum absolute atomic E-state index is 12.4. The lowest BCUT2D eigenvalue weighted by atomic mass is 10.0. The molecule has 1 saturated heterocycles. The van der Waals surface area contributed by atoms with Gasteiger partial charge >= 0.3 is 5.97 Å². The highest BCUT2D eigenvalue weighted by molar-refractivity contribution is 5.83. The van der Waals surface area contributed by atoms with Gasteiger partial charge in [-0.1, -0.05) is 13.8 Å². The van der Waals surface area contributed by atoms with Crippen LogP contribution < -0.4 is 15.8 Å². The number of hydrogen-bond acceptors (Lipinski definition) is 6. The van der Waals surface area contributed by atoms with Gasteiger partial charge in [-0.3, -0.25) is 14.6 Å². The number of hydrogen-bond donors (Lipinski definition) is 3. The molecule has 9 nitrogen and oxygen atoms in total. The summed E-state index contributed by atoms with van der Waals surface area (Å²) in [6.07, 6.45) is 0.596. The molecule has 0 aliphatic carbocycles. The molecule has 0 bridgehead atoms. The predicted octanol–water partition coefficient (Wildman–Crippen LogP) is 0.463. The Morgan fingerprint density at radius 1 is 1.33 bits per heavy atom. The molecule has 27 heavy (non-hydrogen) atoms. The average molecular weight is 380 g/mol. The molecule has 1 aliphatic heterocycles. The van der Waals surface area contributed by atoms with Gasteiger partial charge in [0.05, 0.1) is 13.2 Å². The Morgan fingerprint density at radius 3 is 2.56 bits per heavy atom. The number of carboxylic acids is 1. The zero-order valence-corrected chi connectivity index (χ0v) is 16.1. The third-order valence-electron chi connectivity index (χ3n) is 4.46. The number of anilines is 1. The molecule has 1 aliphatic rings. The summed E-state index contributed by atoms with van der Waals surface area (Å²) in [5.41, 5.74) is 0.747. The van der Waals surface area contributed by atoms with Crippen LogP contribution in [0.15, 0.2) is 4.79 Å². The second-order valence-corrected chi connectivity index (χ2v) is 7.14. The molecule has 1 aromatic heterocycles.